The van der Waals surface area contributed by atoms with Gasteiger partial charge in [0, 0.05) is 31.0 Å². The number of benzene rings is 1. The molecule has 0 atom stereocenters. The Kier molecular flexibility index (Phi) is 5.83. The minimum absolute atomic E-state index is 0.126. The van der Waals surface area contributed by atoms with Crippen LogP contribution in [0.5, 0.6) is 0 Å². The number of aromatic nitrogens is 2. The van der Waals surface area contributed by atoms with E-state index >= 15 is 0 Å². The molecule has 0 radical (unpaired) electrons. The van der Waals surface area contributed by atoms with Gasteiger partial charge in [-0.1, -0.05) is 13.8 Å². The molecule has 3 N–H and O–H groups in total. The third-order valence-electron chi connectivity index (χ3n) is 3.02. The Balaban J connectivity index is 2.03. The molecule has 0 spiro atoms. The Bertz CT molecular complexity index is 713. The molecule has 0 saturated carbocycles. The highest BCUT2D eigenvalue weighted by molar-refractivity contribution is 5.92. The maximum atomic E-state index is 12.0. The molecule has 2 rings (SSSR count). The van der Waals surface area contributed by atoms with E-state index in [1.54, 1.807) is 30.3 Å². The maximum absolute atomic E-state index is 12.0. The topological polar surface area (TPSA) is 96.0 Å². The number of carbonyl (C=O) groups is 2. The van der Waals surface area contributed by atoms with Crippen molar-refractivity contribution in [3.05, 3.63) is 42.2 Å². The monoisotopic (exact) mass is 327 g/mol. The van der Waals surface area contributed by atoms with Crippen molar-refractivity contribution in [2.24, 2.45) is 5.92 Å². The summed E-state index contributed by atoms with van der Waals surface area (Å²) in [7, 11) is 0. The van der Waals surface area contributed by atoms with E-state index in [4.69, 9.17) is 0 Å². The second-order valence-electron chi connectivity index (χ2n) is 5.75. The highest BCUT2D eigenvalue weighted by atomic mass is 16.2. The summed E-state index contributed by atoms with van der Waals surface area (Å²) in [5.41, 5.74) is 1.77. The number of anilines is 3. The summed E-state index contributed by atoms with van der Waals surface area (Å²) in [4.78, 5) is 31.4. The zero-order valence-electron chi connectivity index (χ0n) is 14.0. The lowest BCUT2D eigenvalue weighted by Gasteiger charge is -2.09. The van der Waals surface area contributed by atoms with Gasteiger partial charge in [0.05, 0.1) is 0 Å². The largest absolute Gasteiger partial charge is 0.350 e. The number of nitrogens with one attached hydrogen (secondary N) is 3. The number of hydrogen-bond acceptors (Lipinski definition) is 5. The van der Waals surface area contributed by atoms with Crippen LogP contribution in [0.25, 0.3) is 0 Å². The molecule has 1 heterocycles. The lowest BCUT2D eigenvalue weighted by atomic mass is 10.2. The Morgan fingerprint density at radius 2 is 1.75 bits per heavy atom. The van der Waals surface area contributed by atoms with Gasteiger partial charge in [-0.05, 0) is 36.2 Å². The lowest BCUT2D eigenvalue weighted by molar-refractivity contribution is -0.114. The van der Waals surface area contributed by atoms with Crippen molar-refractivity contribution in [3.8, 4) is 0 Å². The third kappa shape index (κ3) is 5.35. The first-order valence-corrected chi connectivity index (χ1v) is 7.70. The highest BCUT2D eigenvalue weighted by Crippen LogP contribution is 2.16. The molecule has 7 nitrogen and oxygen atoms in total. The Labute approximate surface area is 140 Å². The van der Waals surface area contributed by atoms with Crippen LogP contribution in [0.2, 0.25) is 0 Å². The van der Waals surface area contributed by atoms with Crippen LogP contribution >= 0.6 is 0 Å². The van der Waals surface area contributed by atoms with E-state index in [0.29, 0.717) is 29.8 Å². The molecule has 7 heteroatoms. The van der Waals surface area contributed by atoms with Crippen molar-refractivity contribution < 1.29 is 9.59 Å². The quantitative estimate of drug-likeness (QED) is 0.758. The van der Waals surface area contributed by atoms with Crippen molar-refractivity contribution >= 4 is 29.1 Å². The molecule has 0 aliphatic carbocycles. The molecule has 0 bridgehead atoms. The van der Waals surface area contributed by atoms with Crippen LogP contribution < -0.4 is 16.0 Å². The third-order valence-corrected chi connectivity index (χ3v) is 3.02. The minimum atomic E-state index is -0.227. The van der Waals surface area contributed by atoms with Gasteiger partial charge in [-0.15, -0.1) is 0 Å². The van der Waals surface area contributed by atoms with Crippen LogP contribution in [-0.4, -0.2) is 28.3 Å². The van der Waals surface area contributed by atoms with Gasteiger partial charge in [-0.25, -0.2) is 9.97 Å². The predicted molar refractivity (Wildman–Crippen MR) is 93.2 cm³/mol. The average Bonchev–Trinajstić information content (AvgIpc) is 2.54. The molecule has 1 aromatic carbocycles. The fraction of sp³-hybridized carbons (Fsp3) is 0.294. The van der Waals surface area contributed by atoms with Gasteiger partial charge >= 0.3 is 0 Å². The molecule has 2 amide bonds. The normalized spacial score (nSPS) is 10.3. The van der Waals surface area contributed by atoms with Gasteiger partial charge in [0.25, 0.3) is 5.91 Å². The lowest BCUT2D eigenvalue weighted by Crippen LogP contribution is -2.28. The van der Waals surface area contributed by atoms with Gasteiger partial charge in [-0.3, -0.25) is 9.59 Å². The van der Waals surface area contributed by atoms with E-state index in [2.05, 4.69) is 25.9 Å². The zero-order chi connectivity index (χ0) is 17.5. The molecule has 0 fully saturated rings. The second kappa shape index (κ2) is 8.05. The van der Waals surface area contributed by atoms with Crippen LogP contribution in [0, 0.1) is 5.92 Å². The summed E-state index contributed by atoms with van der Waals surface area (Å²) in [5, 5.41) is 8.54. The Hall–Kier alpha value is -2.96. The minimum Gasteiger partial charge on any atom is -0.350 e. The number of nitrogens with zero attached hydrogens (tertiary/aromatic N) is 2. The molecule has 0 saturated heterocycles. The van der Waals surface area contributed by atoms with Crippen molar-refractivity contribution in [3.63, 3.8) is 0 Å². The summed E-state index contributed by atoms with van der Waals surface area (Å²) in [6.07, 6.45) is 1.53. The van der Waals surface area contributed by atoms with Crippen molar-refractivity contribution in [1.82, 2.24) is 15.3 Å². The van der Waals surface area contributed by atoms with E-state index in [1.165, 1.54) is 13.1 Å². The molecule has 0 aliphatic heterocycles. The van der Waals surface area contributed by atoms with Crippen molar-refractivity contribution in [2.75, 3.05) is 17.2 Å². The molecular weight excluding hydrogens is 306 g/mol. The number of carbonyl (C=O) groups excluding carboxylic acids is 2. The standard InChI is InChI=1S/C17H21N5O2/c1-11(2)10-19-16(24)15-8-9-18-17(22-15)21-14-6-4-13(5-7-14)20-12(3)23/h4-9,11H,10H2,1-3H3,(H,19,24)(H,20,23)(H,18,21,22). The molecule has 0 unspecified atom stereocenters. The van der Waals surface area contributed by atoms with Gasteiger partial charge in [0.15, 0.2) is 0 Å². The highest BCUT2D eigenvalue weighted by Gasteiger charge is 2.09. The molecule has 0 aliphatic rings. The first-order valence-electron chi connectivity index (χ1n) is 7.70. The Morgan fingerprint density at radius 3 is 2.38 bits per heavy atom. The fourth-order valence-electron chi connectivity index (χ4n) is 1.90. The second-order valence-corrected chi connectivity index (χ2v) is 5.75. The first-order chi connectivity index (χ1) is 11.4. The molecule has 126 valence electrons. The van der Waals surface area contributed by atoms with Crippen LogP contribution in [0.15, 0.2) is 36.5 Å². The van der Waals surface area contributed by atoms with E-state index in [1.807, 2.05) is 13.8 Å². The number of rotatable bonds is 6. The summed E-state index contributed by atoms with van der Waals surface area (Å²) in [6, 6.07) is 8.69. The van der Waals surface area contributed by atoms with Crippen LogP contribution in [0.4, 0.5) is 17.3 Å². The Morgan fingerprint density at radius 1 is 1.08 bits per heavy atom. The van der Waals surface area contributed by atoms with E-state index in [9.17, 15) is 9.59 Å². The maximum Gasteiger partial charge on any atom is 0.270 e. The average molecular weight is 327 g/mol. The van der Waals surface area contributed by atoms with E-state index in [0.717, 1.165) is 5.69 Å². The molecule has 1 aromatic heterocycles. The SMILES string of the molecule is CC(=O)Nc1ccc(Nc2nccc(C(=O)NCC(C)C)n2)cc1. The van der Waals surface area contributed by atoms with E-state index in [-0.39, 0.29) is 11.8 Å². The fourth-order valence-corrected chi connectivity index (χ4v) is 1.90. The molecule has 2 aromatic rings. The molecule has 24 heavy (non-hydrogen) atoms. The summed E-state index contributed by atoms with van der Waals surface area (Å²) in [6.45, 7) is 6.10. The summed E-state index contributed by atoms with van der Waals surface area (Å²) < 4.78 is 0. The van der Waals surface area contributed by atoms with Crippen molar-refractivity contribution in [1.29, 1.82) is 0 Å². The van der Waals surface area contributed by atoms with Crippen LogP contribution in [0.1, 0.15) is 31.3 Å². The van der Waals surface area contributed by atoms with Gasteiger partial charge < -0.3 is 16.0 Å². The molecular formula is C17H21N5O2. The van der Waals surface area contributed by atoms with Gasteiger partial charge in [-0.2, -0.15) is 0 Å². The predicted octanol–water partition coefficient (Wildman–Crippen LogP) is 2.56. The summed E-state index contributed by atoms with van der Waals surface area (Å²) in [5.74, 6) is 0.351. The first kappa shape index (κ1) is 17.4. The summed E-state index contributed by atoms with van der Waals surface area (Å²) >= 11 is 0. The van der Waals surface area contributed by atoms with E-state index < -0.39 is 0 Å². The van der Waals surface area contributed by atoms with Gasteiger partial charge in [0.1, 0.15) is 5.69 Å². The zero-order valence-corrected chi connectivity index (χ0v) is 14.0. The van der Waals surface area contributed by atoms with Gasteiger partial charge in [0.2, 0.25) is 11.9 Å². The van der Waals surface area contributed by atoms with Crippen LogP contribution in [-0.2, 0) is 4.79 Å². The van der Waals surface area contributed by atoms with Crippen LogP contribution in [0.3, 0.4) is 0 Å². The van der Waals surface area contributed by atoms with Crippen molar-refractivity contribution in [2.45, 2.75) is 20.8 Å². The smallest absolute Gasteiger partial charge is 0.270 e. The number of hydrogen-bond donors (Lipinski definition) is 3. The number of amides is 2.